The summed E-state index contributed by atoms with van der Waals surface area (Å²) in [5.74, 6) is -2.58. The zero-order valence-electron chi connectivity index (χ0n) is 22.9. The second kappa shape index (κ2) is 14.8. The van der Waals surface area contributed by atoms with E-state index in [1.807, 2.05) is 0 Å². The van der Waals surface area contributed by atoms with Gasteiger partial charge in [-0.25, -0.2) is 9.50 Å². The third-order valence-corrected chi connectivity index (χ3v) is 5.52. The van der Waals surface area contributed by atoms with Gasteiger partial charge in [-0.1, -0.05) is 27.7 Å². The van der Waals surface area contributed by atoms with Crippen LogP contribution < -0.4 is 11.1 Å². The van der Waals surface area contributed by atoms with Gasteiger partial charge in [0.1, 0.15) is 17.9 Å². The van der Waals surface area contributed by atoms with E-state index in [1.54, 1.807) is 59.9 Å². The Hall–Kier alpha value is -3.96. The van der Waals surface area contributed by atoms with Crippen molar-refractivity contribution in [2.45, 2.75) is 65.9 Å². The Morgan fingerprint density at radius 3 is 2.36 bits per heavy atom. The van der Waals surface area contributed by atoms with Crippen LogP contribution in [0.25, 0.3) is 5.52 Å². The molecule has 0 aliphatic rings. The summed E-state index contributed by atoms with van der Waals surface area (Å²) in [5.41, 5.74) is 6.71. The van der Waals surface area contributed by atoms with Crippen molar-refractivity contribution in [1.82, 2.24) is 19.9 Å². The molecule has 0 saturated heterocycles. The van der Waals surface area contributed by atoms with E-state index < -0.39 is 54.1 Å². The summed E-state index contributed by atoms with van der Waals surface area (Å²) < 4.78 is 28.8. The first-order valence-corrected chi connectivity index (χ1v) is 12.5. The number of esters is 3. The van der Waals surface area contributed by atoms with Crippen molar-refractivity contribution in [2.75, 3.05) is 25.7 Å². The average molecular weight is 549 g/mol. The third kappa shape index (κ3) is 8.52. The van der Waals surface area contributed by atoms with E-state index in [0.29, 0.717) is 11.2 Å². The minimum Gasteiger partial charge on any atom is -0.465 e. The number of nitriles is 1. The van der Waals surface area contributed by atoms with Gasteiger partial charge in [0, 0.05) is 0 Å². The molecule has 0 aliphatic heterocycles. The van der Waals surface area contributed by atoms with E-state index in [1.165, 1.54) is 10.8 Å². The van der Waals surface area contributed by atoms with Crippen molar-refractivity contribution in [2.24, 2.45) is 11.8 Å². The zero-order chi connectivity index (χ0) is 29.1. The molecule has 0 saturated carbocycles. The lowest BCUT2D eigenvalue weighted by Crippen LogP contribution is -2.44. The van der Waals surface area contributed by atoms with Crippen LogP contribution >= 0.6 is 0 Å². The lowest BCUT2D eigenvalue weighted by molar-refractivity contribution is -0.186. The minimum atomic E-state index is -1.33. The Labute approximate surface area is 226 Å². The smallest absolute Gasteiger partial charge is 0.322 e. The summed E-state index contributed by atoms with van der Waals surface area (Å²) in [6.07, 6.45) is -0.994. The van der Waals surface area contributed by atoms with Gasteiger partial charge in [0.25, 0.3) is 6.26 Å². The summed E-state index contributed by atoms with van der Waals surface area (Å²) in [6, 6.07) is 2.56. The molecule has 2 aromatic rings. The number of ether oxygens (including phenoxy) is 5. The Morgan fingerprint density at radius 2 is 1.74 bits per heavy atom. The summed E-state index contributed by atoms with van der Waals surface area (Å²) in [5, 5.41) is 16.4. The number of carbonyl (C=O) groups is 3. The van der Waals surface area contributed by atoms with Gasteiger partial charge in [-0.2, -0.15) is 10.4 Å². The number of nitrogens with one attached hydrogen (secondary N) is 1. The Kier molecular flexibility index (Phi) is 11.9. The molecule has 0 bridgehead atoms. The van der Waals surface area contributed by atoms with Crippen molar-refractivity contribution in [3.63, 3.8) is 0 Å². The van der Waals surface area contributed by atoms with E-state index >= 15 is 0 Å². The summed E-state index contributed by atoms with van der Waals surface area (Å²) in [7, 11) is 0. The predicted octanol–water partition coefficient (Wildman–Crippen LogP) is 1.50. The molecule has 3 N–H and O–H groups in total. The van der Waals surface area contributed by atoms with Gasteiger partial charge >= 0.3 is 17.9 Å². The molecule has 14 heteroatoms. The number of fused-ring (bicyclic) bond motifs is 1. The fourth-order valence-electron chi connectivity index (χ4n) is 3.32. The zero-order valence-corrected chi connectivity index (χ0v) is 22.9. The number of nitrogens with zero attached hydrogens (tertiary/aromatic N) is 4. The van der Waals surface area contributed by atoms with Crippen LogP contribution in [-0.4, -0.2) is 70.7 Å². The molecular formula is C25H36N6O8. The van der Waals surface area contributed by atoms with Crippen LogP contribution in [0.4, 0.5) is 5.82 Å². The standard InChI is InChI=1S/C25H36N6O8/c1-7-36-25(34)16(6)29-13-35-10-19(37-11-26)21(39-24(33)15(4)5)20(38-23(32)14(2)3)17-8-9-18-22(27)28-12-30-31(17)18/h8-9,12,14-16,19-21,29H,7,10,13H2,1-6H3,(H2,27,28,30)/t16-,19+,20-,21+/m0/s1. The molecule has 14 nitrogen and oxygen atoms in total. The molecule has 2 rings (SSSR count). The van der Waals surface area contributed by atoms with Gasteiger partial charge in [-0.15, -0.1) is 0 Å². The van der Waals surface area contributed by atoms with Gasteiger partial charge in [0.05, 0.1) is 37.5 Å². The van der Waals surface area contributed by atoms with E-state index in [2.05, 4.69) is 15.4 Å². The number of anilines is 1. The highest BCUT2D eigenvalue weighted by Gasteiger charge is 2.41. The van der Waals surface area contributed by atoms with Crippen molar-refractivity contribution >= 4 is 29.2 Å². The predicted molar refractivity (Wildman–Crippen MR) is 136 cm³/mol. The van der Waals surface area contributed by atoms with E-state index in [0.717, 1.165) is 0 Å². The van der Waals surface area contributed by atoms with E-state index in [-0.39, 0.29) is 25.8 Å². The maximum Gasteiger partial charge on any atom is 0.322 e. The highest BCUT2D eigenvalue weighted by atomic mass is 16.6. The number of nitrogen functional groups attached to an aromatic ring is 1. The van der Waals surface area contributed by atoms with Crippen LogP contribution in [0, 0.1) is 23.4 Å². The maximum atomic E-state index is 12.8. The highest BCUT2D eigenvalue weighted by Crippen LogP contribution is 2.31. The first-order chi connectivity index (χ1) is 18.5. The Balaban J connectivity index is 2.44. The number of carbonyl (C=O) groups excluding carboxylic acids is 3. The molecule has 39 heavy (non-hydrogen) atoms. The van der Waals surface area contributed by atoms with Gasteiger partial charge in [-0.05, 0) is 26.0 Å². The van der Waals surface area contributed by atoms with Gasteiger partial charge < -0.3 is 29.4 Å². The van der Waals surface area contributed by atoms with Crippen molar-refractivity contribution in [3.05, 3.63) is 24.2 Å². The summed E-state index contributed by atoms with van der Waals surface area (Å²) >= 11 is 0. The fraction of sp³-hybridized carbons (Fsp3) is 0.600. The quantitative estimate of drug-likeness (QED) is 0.107. The first-order valence-electron chi connectivity index (χ1n) is 12.5. The van der Waals surface area contributed by atoms with Crippen LogP contribution in [0.3, 0.4) is 0 Å². The van der Waals surface area contributed by atoms with Crippen LogP contribution in [0.5, 0.6) is 0 Å². The number of rotatable bonds is 15. The lowest BCUT2D eigenvalue weighted by atomic mass is 10.0. The third-order valence-electron chi connectivity index (χ3n) is 5.52. The van der Waals surface area contributed by atoms with Crippen LogP contribution in [0.2, 0.25) is 0 Å². The fourth-order valence-corrected chi connectivity index (χ4v) is 3.32. The molecule has 0 amide bonds. The molecule has 2 aromatic heterocycles. The normalized spacial score (nSPS) is 14.3. The number of hydrogen-bond donors (Lipinski definition) is 2. The summed E-state index contributed by atoms with van der Waals surface area (Å²) in [6.45, 7) is 9.69. The second-order valence-electron chi connectivity index (χ2n) is 9.21. The SMILES string of the molecule is CCOC(=O)[C@H](C)NCOC[C@@H](OC#N)[C@@H](OC(=O)C(C)C)[C@@H](OC(=O)C(C)C)c1ccc2c(N)ncnn12. The minimum absolute atomic E-state index is 0.121. The maximum absolute atomic E-state index is 12.8. The Morgan fingerprint density at radius 1 is 1.08 bits per heavy atom. The van der Waals surface area contributed by atoms with Crippen LogP contribution in [0.1, 0.15) is 53.3 Å². The number of nitrogens with two attached hydrogens (primary N) is 1. The molecule has 0 radical (unpaired) electrons. The number of hydrogen-bond acceptors (Lipinski definition) is 13. The molecule has 0 fully saturated rings. The van der Waals surface area contributed by atoms with Gasteiger partial charge in [0.2, 0.25) is 0 Å². The molecule has 4 atom stereocenters. The monoisotopic (exact) mass is 548 g/mol. The van der Waals surface area contributed by atoms with Gasteiger partial charge in [-0.3, -0.25) is 19.7 Å². The highest BCUT2D eigenvalue weighted by molar-refractivity contribution is 5.75. The van der Waals surface area contributed by atoms with Crippen molar-refractivity contribution < 1.29 is 38.1 Å². The molecule has 0 aromatic carbocycles. The van der Waals surface area contributed by atoms with E-state index in [4.69, 9.17) is 29.4 Å². The number of aromatic nitrogens is 3. The lowest BCUT2D eigenvalue weighted by Gasteiger charge is -2.32. The largest absolute Gasteiger partial charge is 0.465 e. The first kappa shape index (κ1) is 31.3. The molecule has 214 valence electrons. The van der Waals surface area contributed by atoms with Crippen molar-refractivity contribution in [1.29, 1.82) is 5.26 Å². The van der Waals surface area contributed by atoms with Gasteiger partial charge in [0.15, 0.2) is 24.1 Å². The summed E-state index contributed by atoms with van der Waals surface area (Å²) in [4.78, 5) is 41.4. The molecule has 2 heterocycles. The second-order valence-corrected chi connectivity index (χ2v) is 9.21. The van der Waals surface area contributed by atoms with E-state index in [9.17, 15) is 19.6 Å². The van der Waals surface area contributed by atoms with Crippen molar-refractivity contribution in [3.8, 4) is 6.26 Å². The van der Waals surface area contributed by atoms with Crippen LogP contribution in [0.15, 0.2) is 18.5 Å². The van der Waals surface area contributed by atoms with Crippen LogP contribution in [-0.2, 0) is 38.1 Å². The average Bonchev–Trinajstić information content (AvgIpc) is 3.32. The molecule has 0 spiro atoms. The Bertz CT molecular complexity index is 1160. The topological polar surface area (TPSA) is 189 Å². The molecule has 0 unspecified atom stereocenters. The molecular weight excluding hydrogens is 512 g/mol. The molecule has 0 aliphatic carbocycles.